The molecule has 0 radical (unpaired) electrons. The number of hydrogen-bond donors (Lipinski definition) is 1. The summed E-state index contributed by atoms with van der Waals surface area (Å²) in [6.07, 6.45) is 6.01. The number of carbonyl (C=O) groups is 1. The summed E-state index contributed by atoms with van der Waals surface area (Å²) in [6.45, 7) is 2.82. The molecule has 1 aromatic heterocycles. The van der Waals surface area contributed by atoms with Crippen molar-refractivity contribution in [3.05, 3.63) is 23.2 Å². The molecule has 1 amide bonds. The molecule has 0 bridgehead atoms. The molecule has 2 aliphatic heterocycles. The Labute approximate surface area is 117 Å². The molecule has 2 atom stereocenters. The summed E-state index contributed by atoms with van der Waals surface area (Å²) in [5.74, 6) is 0.782. The molecule has 0 aromatic carbocycles. The number of carbonyl (C=O) groups excluding carboxylic acids is 1. The number of aromatic nitrogens is 2. The molecule has 2 saturated heterocycles. The van der Waals surface area contributed by atoms with Crippen LogP contribution in [0.25, 0.3) is 0 Å². The Kier molecular flexibility index (Phi) is 3.66. The van der Waals surface area contributed by atoms with Gasteiger partial charge in [0.25, 0.3) is 0 Å². The molecular formula is C13H17ClN4O. The Morgan fingerprint density at radius 1 is 1.37 bits per heavy atom. The van der Waals surface area contributed by atoms with E-state index in [0.29, 0.717) is 23.5 Å². The van der Waals surface area contributed by atoms with Crippen LogP contribution in [-0.4, -0.2) is 39.9 Å². The van der Waals surface area contributed by atoms with Crippen LogP contribution in [0.1, 0.15) is 25.0 Å². The normalized spacial score (nSPS) is 27.7. The fourth-order valence-electron chi connectivity index (χ4n) is 2.98. The van der Waals surface area contributed by atoms with E-state index in [4.69, 9.17) is 11.6 Å². The van der Waals surface area contributed by atoms with Crippen molar-refractivity contribution in [1.82, 2.24) is 20.2 Å². The zero-order chi connectivity index (χ0) is 13.2. The standard InChI is InChI=1S/C13H17ClN4O/c14-12-6-15-10(5-16-12)8-18-4-3-11-9(7-18)1-2-13(19)17-11/h5-6,9,11H,1-4,7-8H2,(H,17,19). The number of likely N-dealkylation sites (tertiary alicyclic amines) is 1. The predicted octanol–water partition coefficient (Wildman–Crippen LogP) is 1.23. The first-order chi connectivity index (χ1) is 9.20. The van der Waals surface area contributed by atoms with Crippen molar-refractivity contribution in [3.63, 3.8) is 0 Å². The Hall–Kier alpha value is -1.20. The molecule has 2 fully saturated rings. The number of piperidine rings is 2. The fourth-order valence-corrected chi connectivity index (χ4v) is 3.08. The molecule has 0 aliphatic carbocycles. The summed E-state index contributed by atoms with van der Waals surface area (Å²) in [6, 6.07) is 0.369. The van der Waals surface area contributed by atoms with Gasteiger partial charge in [0.2, 0.25) is 5.91 Å². The third-order valence-corrected chi connectivity index (χ3v) is 4.16. The van der Waals surface area contributed by atoms with E-state index in [0.717, 1.165) is 38.2 Å². The number of fused-ring (bicyclic) bond motifs is 1. The van der Waals surface area contributed by atoms with E-state index in [1.54, 1.807) is 12.4 Å². The fraction of sp³-hybridized carbons (Fsp3) is 0.615. The minimum atomic E-state index is 0.207. The molecule has 1 N–H and O–H groups in total. The van der Waals surface area contributed by atoms with Gasteiger partial charge in [0, 0.05) is 32.1 Å². The summed E-state index contributed by atoms with van der Waals surface area (Å²) in [7, 11) is 0. The molecule has 3 heterocycles. The largest absolute Gasteiger partial charge is 0.353 e. The highest BCUT2D eigenvalue weighted by Crippen LogP contribution is 2.25. The van der Waals surface area contributed by atoms with Crippen molar-refractivity contribution < 1.29 is 4.79 Å². The average Bonchev–Trinajstić information content (AvgIpc) is 2.42. The SMILES string of the molecule is O=C1CCC2CN(Cc3cnc(Cl)cn3)CCC2N1. The van der Waals surface area contributed by atoms with Gasteiger partial charge in [-0.25, -0.2) is 4.98 Å². The first kappa shape index (κ1) is 12.8. The lowest BCUT2D eigenvalue weighted by Crippen LogP contribution is -2.53. The Balaban J connectivity index is 1.59. The number of halogens is 1. The van der Waals surface area contributed by atoms with Crippen LogP contribution < -0.4 is 5.32 Å². The Morgan fingerprint density at radius 3 is 3.05 bits per heavy atom. The molecule has 102 valence electrons. The van der Waals surface area contributed by atoms with E-state index < -0.39 is 0 Å². The van der Waals surface area contributed by atoms with Crippen LogP contribution in [0.4, 0.5) is 0 Å². The van der Waals surface area contributed by atoms with Gasteiger partial charge in [-0.3, -0.25) is 14.7 Å². The quantitative estimate of drug-likeness (QED) is 0.885. The van der Waals surface area contributed by atoms with Crippen molar-refractivity contribution in [2.75, 3.05) is 13.1 Å². The monoisotopic (exact) mass is 280 g/mol. The highest BCUT2D eigenvalue weighted by Gasteiger charge is 2.33. The lowest BCUT2D eigenvalue weighted by Gasteiger charge is -2.41. The van der Waals surface area contributed by atoms with Gasteiger partial charge in [0.1, 0.15) is 5.15 Å². The van der Waals surface area contributed by atoms with Gasteiger partial charge in [0.05, 0.1) is 18.1 Å². The molecule has 0 saturated carbocycles. The van der Waals surface area contributed by atoms with Gasteiger partial charge in [-0.1, -0.05) is 11.6 Å². The molecule has 5 nitrogen and oxygen atoms in total. The number of nitrogens with zero attached hydrogens (tertiary/aromatic N) is 3. The van der Waals surface area contributed by atoms with E-state index in [1.165, 1.54) is 0 Å². The second-order valence-corrected chi connectivity index (χ2v) is 5.71. The second kappa shape index (κ2) is 5.43. The zero-order valence-electron chi connectivity index (χ0n) is 10.7. The third kappa shape index (κ3) is 3.04. The third-order valence-electron chi connectivity index (χ3n) is 3.97. The number of hydrogen-bond acceptors (Lipinski definition) is 4. The molecule has 19 heavy (non-hydrogen) atoms. The molecule has 2 aliphatic rings. The minimum Gasteiger partial charge on any atom is -0.353 e. The highest BCUT2D eigenvalue weighted by molar-refractivity contribution is 6.29. The second-order valence-electron chi connectivity index (χ2n) is 5.33. The maximum absolute atomic E-state index is 11.4. The van der Waals surface area contributed by atoms with Gasteiger partial charge >= 0.3 is 0 Å². The van der Waals surface area contributed by atoms with Crippen LogP contribution in [0, 0.1) is 5.92 Å². The summed E-state index contributed by atoms with van der Waals surface area (Å²) in [4.78, 5) is 22.1. The first-order valence-corrected chi connectivity index (χ1v) is 7.06. The van der Waals surface area contributed by atoms with Crippen molar-refractivity contribution in [1.29, 1.82) is 0 Å². The van der Waals surface area contributed by atoms with Crippen LogP contribution in [0.5, 0.6) is 0 Å². The number of rotatable bonds is 2. The highest BCUT2D eigenvalue weighted by atomic mass is 35.5. The van der Waals surface area contributed by atoms with E-state index >= 15 is 0 Å². The van der Waals surface area contributed by atoms with Crippen LogP contribution in [0.3, 0.4) is 0 Å². The molecular weight excluding hydrogens is 264 g/mol. The maximum Gasteiger partial charge on any atom is 0.220 e. The summed E-state index contributed by atoms with van der Waals surface area (Å²) < 4.78 is 0. The molecule has 0 spiro atoms. The molecule has 6 heteroatoms. The van der Waals surface area contributed by atoms with Gasteiger partial charge < -0.3 is 5.32 Å². The van der Waals surface area contributed by atoms with Crippen LogP contribution in [0.15, 0.2) is 12.4 Å². The summed E-state index contributed by atoms with van der Waals surface area (Å²) in [5.41, 5.74) is 0.947. The smallest absolute Gasteiger partial charge is 0.220 e. The maximum atomic E-state index is 11.4. The van der Waals surface area contributed by atoms with Crippen molar-refractivity contribution in [2.45, 2.75) is 31.8 Å². The number of nitrogens with one attached hydrogen (secondary N) is 1. The van der Waals surface area contributed by atoms with E-state index in [1.807, 2.05) is 0 Å². The van der Waals surface area contributed by atoms with Gasteiger partial charge in [-0.2, -0.15) is 0 Å². The number of amides is 1. The van der Waals surface area contributed by atoms with Gasteiger partial charge in [-0.15, -0.1) is 0 Å². The van der Waals surface area contributed by atoms with Crippen molar-refractivity contribution in [2.24, 2.45) is 5.92 Å². The summed E-state index contributed by atoms with van der Waals surface area (Å²) >= 11 is 5.73. The van der Waals surface area contributed by atoms with E-state index in [2.05, 4.69) is 20.2 Å². The Bertz CT molecular complexity index is 464. The van der Waals surface area contributed by atoms with Crippen molar-refractivity contribution in [3.8, 4) is 0 Å². The predicted molar refractivity (Wildman–Crippen MR) is 71.6 cm³/mol. The van der Waals surface area contributed by atoms with Crippen molar-refractivity contribution >= 4 is 17.5 Å². The average molecular weight is 281 g/mol. The zero-order valence-corrected chi connectivity index (χ0v) is 11.4. The molecule has 3 rings (SSSR count). The Morgan fingerprint density at radius 2 is 2.26 bits per heavy atom. The molecule has 2 unspecified atom stereocenters. The van der Waals surface area contributed by atoms with Gasteiger partial charge in [0.15, 0.2) is 0 Å². The van der Waals surface area contributed by atoms with E-state index in [-0.39, 0.29) is 5.91 Å². The lowest BCUT2D eigenvalue weighted by atomic mass is 9.85. The topological polar surface area (TPSA) is 58.1 Å². The minimum absolute atomic E-state index is 0.207. The van der Waals surface area contributed by atoms with Gasteiger partial charge in [-0.05, 0) is 18.8 Å². The summed E-state index contributed by atoms with van der Waals surface area (Å²) in [5, 5.41) is 3.53. The lowest BCUT2D eigenvalue weighted by molar-refractivity contribution is -0.125. The van der Waals surface area contributed by atoms with Crippen LogP contribution in [-0.2, 0) is 11.3 Å². The first-order valence-electron chi connectivity index (χ1n) is 6.69. The molecule has 1 aromatic rings. The van der Waals surface area contributed by atoms with E-state index in [9.17, 15) is 4.79 Å². The van der Waals surface area contributed by atoms with Crippen LogP contribution in [0.2, 0.25) is 5.15 Å². The van der Waals surface area contributed by atoms with Crippen LogP contribution >= 0.6 is 11.6 Å².